The second-order valence-corrected chi connectivity index (χ2v) is 8.71. The Morgan fingerprint density at radius 2 is 1.77 bits per heavy atom. The van der Waals surface area contributed by atoms with Crippen molar-refractivity contribution in [2.75, 3.05) is 13.1 Å². The van der Waals surface area contributed by atoms with Crippen LogP contribution < -0.4 is 11.1 Å². The van der Waals surface area contributed by atoms with Crippen LogP contribution in [-0.2, 0) is 11.3 Å². The molecular weight excluding hydrogens is 390 g/mol. The topological polar surface area (TPSA) is 101 Å². The van der Waals surface area contributed by atoms with E-state index in [0.717, 1.165) is 56.4 Å². The Balaban J connectivity index is 1.33. The lowest BCUT2D eigenvalue weighted by molar-refractivity contribution is -0.127. The summed E-state index contributed by atoms with van der Waals surface area (Å²) in [6.07, 6.45) is 10.9. The van der Waals surface area contributed by atoms with E-state index in [1.54, 1.807) is 6.20 Å². The van der Waals surface area contributed by atoms with Gasteiger partial charge in [-0.3, -0.25) is 19.5 Å². The van der Waals surface area contributed by atoms with Gasteiger partial charge in [-0.05, 0) is 50.4 Å². The number of nitrogens with zero attached hydrogens (tertiary/aromatic N) is 3. The van der Waals surface area contributed by atoms with Crippen molar-refractivity contribution in [1.29, 1.82) is 0 Å². The van der Waals surface area contributed by atoms with Crippen LogP contribution in [0.2, 0.25) is 0 Å². The number of amides is 2. The fourth-order valence-corrected chi connectivity index (χ4v) is 4.72. The Morgan fingerprint density at radius 1 is 1.03 bits per heavy atom. The third-order valence-electron chi connectivity index (χ3n) is 6.45. The zero-order valence-corrected chi connectivity index (χ0v) is 17.9. The molecule has 0 bridgehead atoms. The molecule has 1 aliphatic heterocycles. The molecule has 0 radical (unpaired) electrons. The van der Waals surface area contributed by atoms with Gasteiger partial charge in [-0.2, -0.15) is 0 Å². The summed E-state index contributed by atoms with van der Waals surface area (Å²) in [5.74, 6) is -0.209. The van der Waals surface area contributed by atoms with Crippen molar-refractivity contribution < 1.29 is 9.59 Å². The zero-order valence-electron chi connectivity index (χ0n) is 17.9. The minimum atomic E-state index is -0.581. The van der Waals surface area contributed by atoms with E-state index < -0.39 is 5.91 Å². The number of nitrogens with one attached hydrogen (secondary N) is 1. The van der Waals surface area contributed by atoms with Gasteiger partial charge in [-0.25, -0.2) is 4.98 Å². The summed E-state index contributed by atoms with van der Waals surface area (Å²) in [5, 5.41) is 3.29. The molecule has 2 fully saturated rings. The highest BCUT2D eigenvalue weighted by atomic mass is 16.2. The summed E-state index contributed by atoms with van der Waals surface area (Å²) < 4.78 is 0. The van der Waals surface area contributed by atoms with Crippen LogP contribution in [0.3, 0.4) is 0 Å². The molecular formula is C24H31N5O2. The molecule has 1 aliphatic carbocycles. The number of carbonyl (C=O) groups excluding carboxylic acids is 2. The molecule has 0 spiro atoms. The molecule has 4 rings (SSSR count). The summed E-state index contributed by atoms with van der Waals surface area (Å²) in [5.41, 5.74) is 8.12. The summed E-state index contributed by atoms with van der Waals surface area (Å²) in [7, 11) is 0. The number of piperidine rings is 1. The summed E-state index contributed by atoms with van der Waals surface area (Å²) >= 11 is 0. The van der Waals surface area contributed by atoms with Gasteiger partial charge in [0.05, 0.1) is 0 Å². The van der Waals surface area contributed by atoms with Gasteiger partial charge in [-0.15, -0.1) is 0 Å². The summed E-state index contributed by atoms with van der Waals surface area (Å²) in [6.45, 7) is 2.62. The molecule has 2 heterocycles. The normalized spacial score (nSPS) is 18.6. The van der Waals surface area contributed by atoms with Crippen molar-refractivity contribution >= 4 is 11.8 Å². The zero-order chi connectivity index (χ0) is 21.6. The highest BCUT2D eigenvalue weighted by Crippen LogP contribution is 2.24. The first-order chi connectivity index (χ1) is 15.1. The SMILES string of the molecule is NC(=O)c1nccnc1-c1cccc(CN2CCC(C(=O)NC3CCCCC3)CC2)c1. The van der Waals surface area contributed by atoms with E-state index in [4.69, 9.17) is 5.73 Å². The Labute approximate surface area is 183 Å². The first-order valence-corrected chi connectivity index (χ1v) is 11.3. The van der Waals surface area contributed by atoms with Crippen LogP contribution in [-0.4, -0.2) is 45.8 Å². The molecule has 0 atom stereocenters. The molecule has 2 amide bonds. The molecule has 1 aromatic heterocycles. The molecule has 2 aromatic rings. The summed E-state index contributed by atoms with van der Waals surface area (Å²) in [6, 6.07) is 8.38. The average Bonchev–Trinajstić information content (AvgIpc) is 2.80. The third-order valence-corrected chi connectivity index (χ3v) is 6.45. The monoisotopic (exact) mass is 421 g/mol. The lowest BCUT2D eigenvalue weighted by Gasteiger charge is -2.32. The largest absolute Gasteiger partial charge is 0.364 e. The standard InChI is InChI=1S/C24H31N5O2/c25-23(30)22-21(26-11-12-27-22)19-6-4-5-17(15-19)16-29-13-9-18(10-14-29)24(31)28-20-7-2-1-3-8-20/h4-6,11-12,15,18,20H,1-3,7-10,13-14,16H2,(H2,25,30)(H,28,31). The lowest BCUT2D eigenvalue weighted by atomic mass is 9.92. The van der Waals surface area contributed by atoms with Gasteiger partial charge in [0, 0.05) is 36.5 Å². The summed E-state index contributed by atoms with van der Waals surface area (Å²) in [4.78, 5) is 35.1. The molecule has 2 aliphatic rings. The number of rotatable bonds is 6. The molecule has 164 valence electrons. The van der Waals surface area contributed by atoms with E-state index in [0.29, 0.717) is 11.7 Å². The molecule has 1 aromatic carbocycles. The number of hydrogen-bond donors (Lipinski definition) is 2. The Morgan fingerprint density at radius 3 is 2.52 bits per heavy atom. The molecule has 0 unspecified atom stereocenters. The smallest absolute Gasteiger partial charge is 0.269 e. The molecule has 1 saturated heterocycles. The second-order valence-electron chi connectivity index (χ2n) is 8.71. The van der Waals surface area contributed by atoms with E-state index >= 15 is 0 Å². The number of hydrogen-bond acceptors (Lipinski definition) is 5. The van der Waals surface area contributed by atoms with E-state index in [1.165, 1.54) is 25.5 Å². The van der Waals surface area contributed by atoms with Gasteiger partial charge in [0.1, 0.15) is 5.69 Å². The lowest BCUT2D eigenvalue weighted by Crippen LogP contribution is -2.44. The average molecular weight is 422 g/mol. The first kappa shape index (κ1) is 21.4. The highest BCUT2D eigenvalue weighted by Gasteiger charge is 2.27. The van der Waals surface area contributed by atoms with Crippen molar-refractivity contribution in [3.8, 4) is 11.3 Å². The van der Waals surface area contributed by atoms with E-state index in [-0.39, 0.29) is 17.5 Å². The number of primary amides is 1. The van der Waals surface area contributed by atoms with Crippen LogP contribution in [0.15, 0.2) is 36.7 Å². The van der Waals surface area contributed by atoms with Gasteiger partial charge in [0.25, 0.3) is 5.91 Å². The number of aromatic nitrogens is 2. The van der Waals surface area contributed by atoms with Crippen molar-refractivity contribution in [1.82, 2.24) is 20.2 Å². The van der Waals surface area contributed by atoms with Crippen LogP contribution in [0, 0.1) is 5.92 Å². The quantitative estimate of drug-likeness (QED) is 0.747. The molecule has 7 nitrogen and oxygen atoms in total. The second kappa shape index (κ2) is 10.0. The Kier molecular flexibility index (Phi) is 6.92. The third kappa shape index (κ3) is 5.47. The number of likely N-dealkylation sites (tertiary alicyclic amines) is 1. The molecule has 1 saturated carbocycles. The maximum atomic E-state index is 12.6. The minimum Gasteiger partial charge on any atom is -0.364 e. The van der Waals surface area contributed by atoms with Crippen LogP contribution in [0.25, 0.3) is 11.3 Å². The van der Waals surface area contributed by atoms with Crippen LogP contribution in [0.4, 0.5) is 0 Å². The van der Waals surface area contributed by atoms with Gasteiger partial charge in [0.2, 0.25) is 5.91 Å². The molecule has 7 heteroatoms. The maximum Gasteiger partial charge on any atom is 0.269 e. The van der Waals surface area contributed by atoms with Gasteiger partial charge >= 0.3 is 0 Å². The fourth-order valence-electron chi connectivity index (χ4n) is 4.72. The van der Waals surface area contributed by atoms with Crippen molar-refractivity contribution in [3.05, 3.63) is 47.9 Å². The highest BCUT2D eigenvalue weighted by molar-refractivity contribution is 5.96. The number of carbonyl (C=O) groups is 2. The maximum absolute atomic E-state index is 12.6. The molecule has 3 N–H and O–H groups in total. The van der Waals surface area contributed by atoms with Crippen LogP contribution in [0.5, 0.6) is 0 Å². The van der Waals surface area contributed by atoms with E-state index in [9.17, 15) is 9.59 Å². The Hall–Kier alpha value is -2.80. The van der Waals surface area contributed by atoms with E-state index in [2.05, 4.69) is 26.3 Å². The van der Waals surface area contributed by atoms with Gasteiger partial charge in [0.15, 0.2) is 5.69 Å². The number of nitrogens with two attached hydrogens (primary N) is 1. The van der Waals surface area contributed by atoms with Crippen molar-refractivity contribution in [3.63, 3.8) is 0 Å². The van der Waals surface area contributed by atoms with Crippen molar-refractivity contribution in [2.24, 2.45) is 11.7 Å². The molecule has 31 heavy (non-hydrogen) atoms. The van der Waals surface area contributed by atoms with Gasteiger partial charge < -0.3 is 11.1 Å². The Bertz CT molecular complexity index is 918. The predicted molar refractivity (Wildman–Crippen MR) is 119 cm³/mol. The number of benzene rings is 1. The minimum absolute atomic E-state index is 0.127. The van der Waals surface area contributed by atoms with Crippen molar-refractivity contribution in [2.45, 2.75) is 57.5 Å². The fraction of sp³-hybridized carbons (Fsp3) is 0.500. The van der Waals surface area contributed by atoms with Crippen LogP contribution in [0.1, 0.15) is 61.0 Å². The van der Waals surface area contributed by atoms with Gasteiger partial charge in [-0.1, -0.05) is 37.5 Å². The predicted octanol–water partition coefficient (Wildman–Crippen LogP) is 2.90. The first-order valence-electron chi connectivity index (χ1n) is 11.3. The van der Waals surface area contributed by atoms with Crippen LogP contribution >= 0.6 is 0 Å². The van der Waals surface area contributed by atoms with E-state index in [1.807, 2.05) is 18.2 Å².